The highest BCUT2D eigenvalue weighted by Gasteiger charge is 2.33. The Bertz CT molecular complexity index is 943. The molecule has 6 heteroatoms. The highest BCUT2D eigenvalue weighted by molar-refractivity contribution is 8.03. The van der Waals surface area contributed by atoms with Crippen LogP contribution in [0.15, 0.2) is 76.8 Å². The highest BCUT2D eigenvalue weighted by Crippen LogP contribution is 2.37. The molecule has 0 bridgehead atoms. The molecular weight excluding hydrogens is 387 g/mol. The molecule has 0 fully saturated rings. The number of hydrogen-bond donors (Lipinski definition) is 1. The second kappa shape index (κ2) is 9.18. The Morgan fingerprint density at radius 3 is 2.55 bits per heavy atom. The monoisotopic (exact) mass is 412 g/mol. The summed E-state index contributed by atoms with van der Waals surface area (Å²) in [6, 6.07) is 16.4. The van der Waals surface area contributed by atoms with Gasteiger partial charge in [-0.3, -0.25) is 0 Å². The molecule has 1 aliphatic rings. The van der Waals surface area contributed by atoms with E-state index in [2.05, 4.69) is 4.90 Å². The minimum absolute atomic E-state index is 0.196. The number of likely N-dealkylation sites (N-methyl/N-ethyl adjacent to an activating group) is 1. The van der Waals surface area contributed by atoms with Crippen LogP contribution in [-0.4, -0.2) is 34.9 Å². The predicted molar refractivity (Wildman–Crippen MR) is 117 cm³/mol. The number of aliphatic carboxylic acids is 1. The lowest BCUT2D eigenvalue weighted by molar-refractivity contribution is -0.132. The van der Waals surface area contributed by atoms with Crippen LogP contribution in [0.1, 0.15) is 19.4 Å². The Morgan fingerprint density at radius 1 is 1.21 bits per heavy atom. The lowest BCUT2D eigenvalue weighted by Crippen LogP contribution is -2.47. The van der Waals surface area contributed by atoms with Gasteiger partial charge in [-0.2, -0.15) is 0 Å². The van der Waals surface area contributed by atoms with Crippen LogP contribution in [0.4, 0.5) is 10.1 Å². The van der Waals surface area contributed by atoms with Crippen molar-refractivity contribution < 1.29 is 14.3 Å². The van der Waals surface area contributed by atoms with Gasteiger partial charge in [-0.15, -0.1) is 11.8 Å². The molecule has 0 radical (unpaired) electrons. The first-order chi connectivity index (χ1) is 13.9. The van der Waals surface area contributed by atoms with Crippen LogP contribution in [0.25, 0.3) is 0 Å². The van der Waals surface area contributed by atoms with E-state index in [1.54, 1.807) is 6.07 Å². The molecule has 0 amide bonds. The van der Waals surface area contributed by atoms with Gasteiger partial charge < -0.3 is 14.9 Å². The largest absolute Gasteiger partial charge is 0.478 e. The lowest BCUT2D eigenvalue weighted by atomic mass is 10.0. The fourth-order valence-corrected chi connectivity index (χ4v) is 4.52. The molecule has 2 aromatic rings. The molecule has 3 rings (SSSR count). The van der Waals surface area contributed by atoms with Crippen molar-refractivity contribution in [1.29, 1.82) is 0 Å². The van der Waals surface area contributed by atoms with Crippen molar-refractivity contribution in [2.24, 2.45) is 0 Å². The fourth-order valence-electron chi connectivity index (χ4n) is 3.52. The van der Waals surface area contributed by atoms with Crippen molar-refractivity contribution in [1.82, 2.24) is 4.90 Å². The van der Waals surface area contributed by atoms with Crippen LogP contribution < -0.4 is 4.90 Å². The molecular formula is C23H25FN2O2S. The maximum Gasteiger partial charge on any atom is 0.338 e. The second-order valence-electron chi connectivity index (χ2n) is 6.89. The maximum atomic E-state index is 13.8. The predicted octanol–water partition coefficient (Wildman–Crippen LogP) is 5.10. The van der Waals surface area contributed by atoms with Gasteiger partial charge in [0.1, 0.15) is 12.0 Å². The summed E-state index contributed by atoms with van der Waals surface area (Å²) < 4.78 is 13.8. The molecule has 1 atom stereocenters. The summed E-state index contributed by atoms with van der Waals surface area (Å²) in [6.45, 7) is 4.24. The van der Waals surface area contributed by atoms with Crippen LogP contribution in [0.3, 0.4) is 0 Å². The molecule has 1 aliphatic heterocycles. The summed E-state index contributed by atoms with van der Waals surface area (Å²) in [7, 11) is 1.99. The van der Waals surface area contributed by atoms with Gasteiger partial charge in [0.2, 0.25) is 0 Å². The van der Waals surface area contributed by atoms with E-state index in [9.17, 15) is 14.3 Å². The van der Waals surface area contributed by atoms with Crippen molar-refractivity contribution in [3.8, 4) is 0 Å². The third kappa shape index (κ3) is 4.65. The molecule has 1 N–H and O–H groups in total. The van der Waals surface area contributed by atoms with Gasteiger partial charge in [0.05, 0.1) is 10.6 Å². The molecule has 29 heavy (non-hydrogen) atoms. The van der Waals surface area contributed by atoms with E-state index >= 15 is 0 Å². The summed E-state index contributed by atoms with van der Waals surface area (Å²) >= 11 is 1.50. The summed E-state index contributed by atoms with van der Waals surface area (Å²) in [6.07, 6.45) is 1.77. The Morgan fingerprint density at radius 2 is 1.93 bits per heavy atom. The van der Waals surface area contributed by atoms with Crippen LogP contribution >= 0.6 is 11.8 Å². The van der Waals surface area contributed by atoms with Gasteiger partial charge in [0, 0.05) is 19.3 Å². The number of hydrogen-bond acceptors (Lipinski definition) is 4. The van der Waals surface area contributed by atoms with Crippen molar-refractivity contribution in [3.05, 3.63) is 88.2 Å². The molecule has 152 valence electrons. The number of nitrogens with zero attached hydrogens (tertiary/aromatic N) is 2. The number of carboxylic acids is 1. The summed E-state index contributed by atoms with van der Waals surface area (Å²) in [5, 5.41) is 10.6. The van der Waals surface area contributed by atoms with Gasteiger partial charge in [0.25, 0.3) is 0 Å². The molecule has 4 nitrogen and oxygen atoms in total. The Hall–Kier alpha value is -2.73. The van der Waals surface area contributed by atoms with Gasteiger partial charge in [-0.1, -0.05) is 37.3 Å². The third-order valence-electron chi connectivity index (χ3n) is 4.88. The number of rotatable bonds is 7. The number of anilines is 1. The van der Waals surface area contributed by atoms with Crippen LogP contribution in [0.5, 0.6) is 0 Å². The van der Waals surface area contributed by atoms with Crippen LogP contribution in [-0.2, 0) is 11.3 Å². The van der Waals surface area contributed by atoms with E-state index in [0.29, 0.717) is 17.1 Å². The summed E-state index contributed by atoms with van der Waals surface area (Å²) in [5.74, 6) is -0.507. The zero-order valence-electron chi connectivity index (χ0n) is 16.8. The maximum absolute atomic E-state index is 13.8. The Balaban J connectivity index is 2.09. The first-order valence-corrected chi connectivity index (χ1v) is 10.5. The molecule has 2 aromatic carbocycles. The molecule has 0 aliphatic carbocycles. The van der Waals surface area contributed by atoms with Crippen LogP contribution in [0.2, 0.25) is 0 Å². The quantitative estimate of drug-likeness (QED) is 0.685. The van der Waals surface area contributed by atoms with E-state index in [-0.39, 0.29) is 12.0 Å². The lowest BCUT2D eigenvalue weighted by Gasteiger charge is -2.43. The van der Waals surface area contributed by atoms with Crippen LogP contribution in [0, 0.1) is 5.82 Å². The molecule has 0 aromatic heterocycles. The van der Waals surface area contributed by atoms with Gasteiger partial charge in [-0.25, -0.2) is 9.18 Å². The van der Waals surface area contributed by atoms with Gasteiger partial charge in [-0.05, 0) is 54.2 Å². The topological polar surface area (TPSA) is 43.8 Å². The highest BCUT2D eigenvalue weighted by atomic mass is 32.2. The molecule has 0 saturated carbocycles. The van der Waals surface area contributed by atoms with E-state index in [0.717, 1.165) is 22.6 Å². The Labute approximate surface area is 175 Å². The number of para-hydroxylation sites is 1. The zero-order valence-corrected chi connectivity index (χ0v) is 17.6. The molecule has 1 unspecified atom stereocenters. The van der Waals surface area contributed by atoms with Crippen molar-refractivity contribution in [3.63, 3.8) is 0 Å². The summed E-state index contributed by atoms with van der Waals surface area (Å²) in [5.41, 5.74) is 2.86. The van der Waals surface area contributed by atoms with E-state index in [1.807, 2.05) is 68.3 Å². The summed E-state index contributed by atoms with van der Waals surface area (Å²) in [4.78, 5) is 16.2. The standard InChI is InChI=1S/C23H25FN2O2S/c1-4-29-22-21(23(27)28)16(2)13-20(25(3)19-11-6-5-7-12-19)26(22)15-17-9-8-10-18(24)14-17/h5-14,20H,4,15H2,1-3H3,(H,27,28). The van der Waals surface area contributed by atoms with E-state index < -0.39 is 5.97 Å². The molecule has 1 heterocycles. The minimum Gasteiger partial charge on any atom is -0.478 e. The first kappa shape index (κ1) is 21.0. The average molecular weight is 413 g/mol. The number of carbonyl (C=O) groups is 1. The number of halogens is 1. The smallest absolute Gasteiger partial charge is 0.338 e. The van der Waals surface area contributed by atoms with Crippen molar-refractivity contribution >= 4 is 23.4 Å². The van der Waals surface area contributed by atoms with Gasteiger partial charge >= 0.3 is 5.97 Å². The molecule has 0 spiro atoms. The second-order valence-corrected chi connectivity index (χ2v) is 8.14. The normalized spacial score (nSPS) is 16.6. The third-order valence-corrected chi connectivity index (χ3v) is 5.89. The fraction of sp³-hybridized carbons (Fsp3) is 0.261. The van der Waals surface area contributed by atoms with Crippen molar-refractivity contribution in [2.75, 3.05) is 17.7 Å². The number of benzene rings is 2. The minimum atomic E-state index is -0.945. The van der Waals surface area contributed by atoms with Crippen molar-refractivity contribution in [2.45, 2.75) is 26.6 Å². The Kier molecular flexibility index (Phi) is 6.64. The van der Waals surface area contributed by atoms with E-state index in [4.69, 9.17) is 0 Å². The average Bonchev–Trinajstić information content (AvgIpc) is 2.70. The molecule has 0 saturated heterocycles. The van der Waals surface area contributed by atoms with E-state index in [1.165, 1.54) is 23.9 Å². The number of thioether (sulfide) groups is 1. The zero-order chi connectivity index (χ0) is 21.0. The SMILES string of the molecule is CCSC1=C(C(=O)O)C(C)=CC(N(C)c2ccccc2)N1Cc1cccc(F)c1. The first-order valence-electron chi connectivity index (χ1n) is 9.50. The van der Waals surface area contributed by atoms with Gasteiger partial charge in [0.15, 0.2) is 0 Å². The number of carboxylic acid groups (broad SMARTS) is 1.